The van der Waals surface area contributed by atoms with Crippen molar-refractivity contribution in [1.82, 2.24) is 41.0 Å². The number of benzene rings is 4. The van der Waals surface area contributed by atoms with Crippen molar-refractivity contribution in [3.8, 4) is 39.4 Å². The van der Waals surface area contributed by atoms with Crippen LogP contribution in [0, 0.1) is 11.3 Å². The van der Waals surface area contributed by atoms with Crippen LogP contribution in [0.2, 0.25) is 0 Å². The standard InChI is InChI=1S/C46H48N8O5/c1-27(2)41(52-53-45(57)58)44(59-34-7-4-3-5-8-34)54-20-6-9-38(54)43-48-25-37(51-43)33-17-16-31-21-30(14-15-32(31)22-33)28-10-12-29(13-11-28)36-24-47-42(50-36)35-23-46(26-49-35)39(55)18-19-40(46)56/h3-5,7-8,10-17,21-22,24-25,27,35,38,41,44,49,52-53H,6,9,18-20,23,26H2,1-2H3,(H,47,50)(H,48,51)(H,57,58)/t35-,38?,41-,44?/m0/s1. The molecule has 1 saturated carbocycles. The highest BCUT2D eigenvalue weighted by atomic mass is 16.5. The van der Waals surface area contributed by atoms with Crippen molar-refractivity contribution >= 4 is 28.4 Å². The highest BCUT2D eigenvalue weighted by Gasteiger charge is 2.54. The van der Waals surface area contributed by atoms with Crippen LogP contribution in [0.3, 0.4) is 0 Å². The van der Waals surface area contributed by atoms with E-state index in [0.717, 1.165) is 75.4 Å². The summed E-state index contributed by atoms with van der Waals surface area (Å²) in [5, 5.41) is 15.0. The Labute approximate surface area is 342 Å². The number of H-pyrrole nitrogens is 2. The van der Waals surface area contributed by atoms with Crippen LogP contribution in [0.5, 0.6) is 5.75 Å². The third-order valence-electron chi connectivity index (χ3n) is 12.4. The zero-order valence-electron chi connectivity index (χ0n) is 33.1. The van der Waals surface area contributed by atoms with Crippen LogP contribution in [0.25, 0.3) is 44.4 Å². The molecule has 59 heavy (non-hydrogen) atoms. The second-order valence-corrected chi connectivity index (χ2v) is 16.3. The van der Waals surface area contributed by atoms with E-state index in [1.807, 2.05) is 56.6 Å². The van der Waals surface area contributed by atoms with Crippen LogP contribution >= 0.6 is 0 Å². The number of rotatable bonds is 12. The molecule has 0 bridgehead atoms. The molecule has 2 aliphatic heterocycles. The largest absolute Gasteiger partial charge is 0.473 e. The number of nitrogens with one attached hydrogen (secondary N) is 5. The van der Waals surface area contributed by atoms with Crippen LogP contribution in [-0.2, 0) is 9.59 Å². The number of hydrazine groups is 1. The van der Waals surface area contributed by atoms with Gasteiger partial charge in [-0.15, -0.1) is 0 Å². The fourth-order valence-electron chi connectivity index (χ4n) is 9.10. The molecule has 1 aliphatic carbocycles. The summed E-state index contributed by atoms with van der Waals surface area (Å²) in [6.45, 7) is 5.26. The van der Waals surface area contributed by atoms with Crippen LogP contribution in [0.4, 0.5) is 4.79 Å². The maximum absolute atomic E-state index is 12.6. The van der Waals surface area contributed by atoms with Crippen LogP contribution in [-0.4, -0.2) is 73.0 Å². The molecule has 3 fully saturated rings. The van der Waals surface area contributed by atoms with Crippen molar-refractivity contribution in [1.29, 1.82) is 0 Å². The summed E-state index contributed by atoms with van der Waals surface area (Å²) in [4.78, 5) is 55.4. The highest BCUT2D eigenvalue weighted by Crippen LogP contribution is 2.43. The van der Waals surface area contributed by atoms with E-state index in [-0.39, 0.29) is 35.6 Å². The molecule has 4 heterocycles. The van der Waals surface area contributed by atoms with Crippen molar-refractivity contribution in [3.05, 3.63) is 115 Å². The van der Waals surface area contributed by atoms with Gasteiger partial charge in [0.05, 0.1) is 41.9 Å². The number of Topliss-reactive ketones (excluding diaryl/α,β-unsaturated/α-hetero) is 2. The van der Waals surface area contributed by atoms with Gasteiger partial charge in [0.15, 0.2) is 6.23 Å². The third kappa shape index (κ3) is 7.53. The quantitative estimate of drug-likeness (QED) is 0.0535. The van der Waals surface area contributed by atoms with E-state index in [9.17, 15) is 19.5 Å². The van der Waals surface area contributed by atoms with Crippen LogP contribution < -0.4 is 20.9 Å². The lowest BCUT2D eigenvalue weighted by molar-refractivity contribution is -0.133. The zero-order valence-corrected chi connectivity index (χ0v) is 33.1. The van der Waals surface area contributed by atoms with Crippen LogP contribution in [0.15, 0.2) is 103 Å². The van der Waals surface area contributed by atoms with E-state index in [1.54, 1.807) is 0 Å². The van der Waals surface area contributed by atoms with Gasteiger partial charge in [0, 0.05) is 31.5 Å². The first-order valence-corrected chi connectivity index (χ1v) is 20.4. The minimum absolute atomic E-state index is 0.0478. The number of imidazole rings is 2. The number of aromatic nitrogens is 4. The van der Waals surface area contributed by atoms with Crippen molar-refractivity contribution in [2.24, 2.45) is 11.3 Å². The Morgan fingerprint density at radius 3 is 2.17 bits per heavy atom. The molecule has 302 valence electrons. The minimum Gasteiger partial charge on any atom is -0.473 e. The van der Waals surface area contributed by atoms with E-state index >= 15 is 0 Å². The molecule has 2 aromatic heterocycles. The molecule has 1 amide bonds. The number of hydrogen-bond acceptors (Lipinski definition) is 9. The molecule has 6 N–H and O–H groups in total. The molecule has 13 heteroatoms. The lowest BCUT2D eigenvalue weighted by Crippen LogP contribution is -2.59. The maximum Gasteiger partial charge on any atom is 0.419 e. The fraction of sp³-hybridized carbons (Fsp3) is 0.326. The van der Waals surface area contributed by atoms with Gasteiger partial charge in [0.2, 0.25) is 0 Å². The molecular weight excluding hydrogens is 745 g/mol. The molecule has 13 nitrogen and oxygen atoms in total. The first kappa shape index (κ1) is 38.4. The SMILES string of the molecule is CC(C)[C@H](NNC(=O)O)C(Oc1ccccc1)N1CCCC1c1ncc(-c2ccc3cc(-c4ccc(-c5cnc([C@@H]6CC7(CN6)C(=O)CCC7=O)[nH]5)cc4)ccc3c2)[nH]1. The van der Waals surface area contributed by atoms with Gasteiger partial charge in [-0.2, -0.15) is 0 Å². The summed E-state index contributed by atoms with van der Waals surface area (Å²) in [6.07, 6.45) is 5.06. The predicted molar refractivity (Wildman–Crippen MR) is 224 cm³/mol. The highest BCUT2D eigenvalue weighted by molar-refractivity contribution is 6.13. The molecule has 4 aromatic carbocycles. The van der Waals surface area contributed by atoms with E-state index < -0.39 is 17.7 Å². The van der Waals surface area contributed by atoms with E-state index in [0.29, 0.717) is 31.6 Å². The molecule has 3 aliphatic rings. The topological polar surface area (TPSA) is 177 Å². The number of amides is 1. The van der Waals surface area contributed by atoms with Crippen molar-refractivity contribution in [2.75, 3.05) is 13.1 Å². The summed E-state index contributed by atoms with van der Waals surface area (Å²) >= 11 is 0. The van der Waals surface area contributed by atoms with E-state index in [1.165, 1.54) is 0 Å². The lowest BCUT2D eigenvalue weighted by Gasteiger charge is -2.39. The second kappa shape index (κ2) is 15.9. The van der Waals surface area contributed by atoms with Crippen molar-refractivity contribution in [3.63, 3.8) is 0 Å². The molecule has 9 rings (SSSR count). The summed E-state index contributed by atoms with van der Waals surface area (Å²) in [5.74, 6) is 2.46. The summed E-state index contributed by atoms with van der Waals surface area (Å²) in [6, 6.07) is 30.4. The number of ketones is 2. The monoisotopic (exact) mass is 792 g/mol. The van der Waals surface area contributed by atoms with Gasteiger partial charge in [-0.1, -0.05) is 80.6 Å². The molecule has 1 spiro atoms. The lowest BCUT2D eigenvalue weighted by atomic mass is 9.82. The first-order valence-electron chi connectivity index (χ1n) is 20.4. The summed E-state index contributed by atoms with van der Waals surface area (Å²) in [5.41, 5.74) is 10.5. The number of para-hydroxylation sites is 1. The van der Waals surface area contributed by atoms with Gasteiger partial charge in [-0.3, -0.25) is 19.9 Å². The molecule has 4 atom stereocenters. The van der Waals surface area contributed by atoms with E-state index in [4.69, 9.17) is 9.72 Å². The molecule has 6 aromatic rings. The number of nitrogens with zero attached hydrogens (tertiary/aromatic N) is 3. The Morgan fingerprint density at radius 2 is 1.46 bits per heavy atom. The minimum atomic E-state index is -1.15. The first-order chi connectivity index (χ1) is 28.6. The number of carbonyl (C=O) groups excluding carboxylic acids is 2. The van der Waals surface area contributed by atoms with E-state index in [2.05, 4.69) is 96.7 Å². The average molecular weight is 793 g/mol. The summed E-state index contributed by atoms with van der Waals surface area (Å²) < 4.78 is 6.62. The van der Waals surface area contributed by atoms with Gasteiger partial charge in [-0.05, 0) is 76.9 Å². The second-order valence-electron chi connectivity index (χ2n) is 16.3. The average Bonchev–Trinajstić information content (AvgIpc) is 4.11. The number of ether oxygens (including phenoxy) is 1. The molecule has 2 saturated heterocycles. The zero-order chi connectivity index (χ0) is 40.7. The Kier molecular flexibility index (Phi) is 10.3. The van der Waals surface area contributed by atoms with Crippen LogP contribution in [0.1, 0.15) is 69.7 Å². The van der Waals surface area contributed by atoms with Gasteiger partial charge in [0.25, 0.3) is 0 Å². The molecular formula is C46H48N8O5. The molecule has 2 unspecified atom stereocenters. The van der Waals surface area contributed by atoms with Gasteiger partial charge in [0.1, 0.15) is 34.4 Å². The Morgan fingerprint density at radius 1 is 0.831 bits per heavy atom. The normalized spacial score (nSPS) is 20.2. The summed E-state index contributed by atoms with van der Waals surface area (Å²) in [7, 11) is 0. The predicted octanol–water partition coefficient (Wildman–Crippen LogP) is 7.58. The Balaban J connectivity index is 0.897. The van der Waals surface area contributed by atoms with Crippen molar-refractivity contribution < 1.29 is 24.2 Å². The number of carbonyl (C=O) groups is 3. The Bertz CT molecular complexity index is 2480. The number of likely N-dealkylation sites (tertiary alicyclic amines) is 1. The number of aromatic amines is 2. The Hall–Kier alpha value is -6.15. The van der Waals surface area contributed by atoms with Gasteiger partial charge < -0.3 is 25.1 Å². The van der Waals surface area contributed by atoms with Crippen molar-refractivity contribution in [2.45, 2.75) is 70.3 Å². The molecule has 0 radical (unpaired) electrons. The van der Waals surface area contributed by atoms with Gasteiger partial charge in [-0.25, -0.2) is 20.2 Å². The number of carboxylic acid groups (broad SMARTS) is 1. The smallest absolute Gasteiger partial charge is 0.419 e. The van der Waals surface area contributed by atoms with Gasteiger partial charge >= 0.3 is 6.09 Å². The maximum atomic E-state index is 12.6. The third-order valence-corrected chi connectivity index (χ3v) is 12.4. The fourth-order valence-corrected chi connectivity index (χ4v) is 9.10. The number of hydrogen-bond donors (Lipinski definition) is 6. The number of fused-ring (bicyclic) bond motifs is 1.